The van der Waals surface area contributed by atoms with E-state index in [0.717, 1.165) is 17.2 Å². The van der Waals surface area contributed by atoms with E-state index in [1.54, 1.807) is 6.92 Å². The van der Waals surface area contributed by atoms with Gasteiger partial charge < -0.3 is 24.3 Å². The molecule has 0 spiro atoms. The van der Waals surface area contributed by atoms with Gasteiger partial charge in [0.25, 0.3) is 0 Å². The Hall–Kier alpha value is -4.25. The average Bonchev–Trinajstić information content (AvgIpc) is 3.26. The van der Waals surface area contributed by atoms with Crippen LogP contribution in [0.3, 0.4) is 0 Å². The number of benzene rings is 3. The van der Waals surface area contributed by atoms with Crippen LogP contribution in [0.15, 0.2) is 78.9 Å². The molecule has 1 amide bonds. The number of hydrogen-bond acceptors (Lipinski definition) is 7. The Morgan fingerprint density at radius 3 is 2.22 bits per heavy atom. The standard InChI is InChI=1S/C30H31F3N2O6/c1-19-25(28(36)39-3)26(34-17-22-16-23(41-30(31,32)33)14-15-24(22)38-2)27(21-12-8-5-9-13-21)35(19)29(37)40-18-20-10-6-4-7-11-20/h4-16,19,25-27,34H,17-18H2,1-3H3/t19-,25-,26+,27-/m0/s1. The highest BCUT2D eigenvalue weighted by Gasteiger charge is 2.53. The average molecular weight is 573 g/mol. The van der Waals surface area contributed by atoms with Crippen molar-refractivity contribution in [3.8, 4) is 11.5 Å². The van der Waals surface area contributed by atoms with Crippen LogP contribution in [0.5, 0.6) is 11.5 Å². The van der Waals surface area contributed by atoms with E-state index in [2.05, 4.69) is 10.1 Å². The quantitative estimate of drug-likeness (QED) is 0.333. The molecule has 4 atom stereocenters. The number of nitrogens with zero attached hydrogens (tertiary/aromatic N) is 1. The van der Waals surface area contributed by atoms with Crippen LogP contribution in [0.2, 0.25) is 0 Å². The molecule has 4 rings (SSSR count). The van der Waals surface area contributed by atoms with Gasteiger partial charge in [-0.1, -0.05) is 60.7 Å². The second-order valence-corrected chi connectivity index (χ2v) is 9.52. The summed E-state index contributed by atoms with van der Waals surface area (Å²) in [6, 6.07) is 20.1. The summed E-state index contributed by atoms with van der Waals surface area (Å²) >= 11 is 0. The van der Waals surface area contributed by atoms with Gasteiger partial charge in [0.05, 0.1) is 26.2 Å². The lowest BCUT2D eigenvalue weighted by Gasteiger charge is -2.30. The van der Waals surface area contributed by atoms with E-state index in [1.807, 2.05) is 60.7 Å². The van der Waals surface area contributed by atoms with Crippen LogP contribution in [0.25, 0.3) is 0 Å². The van der Waals surface area contributed by atoms with Crippen LogP contribution in [-0.4, -0.2) is 49.6 Å². The van der Waals surface area contributed by atoms with Crippen molar-refractivity contribution in [3.05, 3.63) is 95.6 Å². The largest absolute Gasteiger partial charge is 0.573 e. The lowest BCUT2D eigenvalue weighted by molar-refractivity contribution is -0.274. The number of rotatable bonds is 9. The SMILES string of the molecule is COC(=O)[C@@H]1[C@@H](NCc2cc(OC(F)(F)F)ccc2OC)[C@H](c2ccccc2)N(C(=O)OCc2ccccc2)[C@H]1C. The Morgan fingerprint density at radius 1 is 0.951 bits per heavy atom. The fraction of sp³-hybridized carbons (Fsp3) is 0.333. The van der Waals surface area contributed by atoms with Crippen LogP contribution < -0.4 is 14.8 Å². The third-order valence-electron chi connectivity index (χ3n) is 7.03. The molecule has 3 aromatic carbocycles. The maximum atomic E-state index is 13.5. The molecule has 41 heavy (non-hydrogen) atoms. The summed E-state index contributed by atoms with van der Waals surface area (Å²) in [4.78, 5) is 28.2. The lowest BCUT2D eigenvalue weighted by Crippen LogP contribution is -2.42. The van der Waals surface area contributed by atoms with Crippen LogP contribution >= 0.6 is 0 Å². The van der Waals surface area contributed by atoms with Crippen molar-refractivity contribution >= 4 is 12.1 Å². The molecule has 218 valence electrons. The fourth-order valence-electron chi connectivity index (χ4n) is 5.22. The highest BCUT2D eigenvalue weighted by Crippen LogP contribution is 2.42. The molecule has 1 aliphatic rings. The molecule has 1 aliphatic heterocycles. The summed E-state index contributed by atoms with van der Waals surface area (Å²) in [6.45, 7) is 1.77. The number of carbonyl (C=O) groups is 2. The molecule has 1 heterocycles. The van der Waals surface area contributed by atoms with Crippen LogP contribution in [0.1, 0.15) is 29.7 Å². The van der Waals surface area contributed by atoms with Crippen LogP contribution in [0, 0.1) is 5.92 Å². The van der Waals surface area contributed by atoms with Crippen molar-refractivity contribution in [1.29, 1.82) is 0 Å². The van der Waals surface area contributed by atoms with Crippen LogP contribution in [0.4, 0.5) is 18.0 Å². The fourth-order valence-corrected chi connectivity index (χ4v) is 5.22. The Kier molecular flexibility index (Phi) is 9.38. The predicted octanol–water partition coefficient (Wildman–Crippen LogP) is 5.62. The van der Waals surface area contributed by atoms with Gasteiger partial charge in [-0.2, -0.15) is 0 Å². The van der Waals surface area contributed by atoms with Gasteiger partial charge in [0.15, 0.2) is 0 Å². The second kappa shape index (κ2) is 12.9. The maximum Gasteiger partial charge on any atom is 0.573 e. The first-order chi connectivity index (χ1) is 19.6. The van der Waals surface area contributed by atoms with Crippen molar-refractivity contribution in [2.45, 2.75) is 44.6 Å². The zero-order chi connectivity index (χ0) is 29.6. The van der Waals surface area contributed by atoms with E-state index in [4.69, 9.17) is 14.2 Å². The summed E-state index contributed by atoms with van der Waals surface area (Å²) in [6.07, 6.45) is -5.48. The van der Waals surface area contributed by atoms with Crippen LogP contribution in [-0.2, 0) is 27.4 Å². The number of halogens is 3. The molecule has 1 fully saturated rings. The summed E-state index contributed by atoms with van der Waals surface area (Å²) in [5.41, 5.74) is 1.90. The molecule has 0 bridgehead atoms. The Labute approximate surface area is 236 Å². The molecule has 11 heteroatoms. The van der Waals surface area contributed by atoms with Gasteiger partial charge in [0, 0.05) is 24.2 Å². The lowest BCUT2D eigenvalue weighted by atomic mass is 9.91. The smallest absolute Gasteiger partial charge is 0.496 e. The number of nitrogens with one attached hydrogen (secondary N) is 1. The number of amides is 1. The van der Waals surface area contributed by atoms with Crippen molar-refractivity contribution in [1.82, 2.24) is 10.2 Å². The first-order valence-electron chi connectivity index (χ1n) is 12.9. The third-order valence-corrected chi connectivity index (χ3v) is 7.03. The second-order valence-electron chi connectivity index (χ2n) is 9.52. The monoisotopic (exact) mass is 572 g/mol. The molecular formula is C30H31F3N2O6. The van der Waals surface area contributed by atoms with Gasteiger partial charge in [-0.25, -0.2) is 4.79 Å². The highest BCUT2D eigenvalue weighted by molar-refractivity contribution is 5.78. The first-order valence-corrected chi connectivity index (χ1v) is 12.9. The number of carbonyl (C=O) groups excluding carboxylic acids is 2. The van der Waals surface area contributed by atoms with Crippen molar-refractivity contribution < 1.29 is 41.7 Å². The van der Waals surface area contributed by atoms with Gasteiger partial charge >= 0.3 is 18.4 Å². The van der Waals surface area contributed by atoms with Gasteiger partial charge in [-0.3, -0.25) is 9.69 Å². The van der Waals surface area contributed by atoms with Gasteiger partial charge in [-0.15, -0.1) is 13.2 Å². The summed E-state index contributed by atoms with van der Waals surface area (Å²) in [7, 11) is 2.66. The van der Waals surface area contributed by atoms with Gasteiger partial charge in [-0.05, 0) is 36.2 Å². The highest BCUT2D eigenvalue weighted by atomic mass is 19.4. The maximum absolute atomic E-state index is 13.5. The third kappa shape index (κ3) is 7.10. The first kappa shape index (κ1) is 29.7. The van der Waals surface area contributed by atoms with Crippen molar-refractivity contribution in [2.75, 3.05) is 14.2 Å². The number of esters is 1. The number of hydrogen-bond donors (Lipinski definition) is 1. The minimum atomic E-state index is -4.87. The zero-order valence-electron chi connectivity index (χ0n) is 22.8. The van der Waals surface area contributed by atoms with Gasteiger partial charge in [0.1, 0.15) is 18.1 Å². The number of alkyl halides is 3. The molecule has 0 radical (unpaired) electrons. The topological polar surface area (TPSA) is 86.3 Å². The number of ether oxygens (including phenoxy) is 4. The van der Waals surface area contributed by atoms with E-state index in [9.17, 15) is 22.8 Å². The molecule has 0 aromatic heterocycles. The Bertz CT molecular complexity index is 1320. The Morgan fingerprint density at radius 2 is 1.61 bits per heavy atom. The van der Waals surface area contributed by atoms with Crippen molar-refractivity contribution in [3.63, 3.8) is 0 Å². The van der Waals surface area contributed by atoms with Gasteiger partial charge in [0.2, 0.25) is 0 Å². The minimum absolute atomic E-state index is 0.000647. The number of methoxy groups -OCH3 is 2. The molecule has 0 unspecified atom stereocenters. The normalized spacial score (nSPS) is 20.4. The van der Waals surface area contributed by atoms with E-state index >= 15 is 0 Å². The van der Waals surface area contributed by atoms with E-state index < -0.39 is 48.2 Å². The Balaban J connectivity index is 1.67. The molecule has 0 aliphatic carbocycles. The van der Waals surface area contributed by atoms with E-state index in [1.165, 1.54) is 31.3 Å². The van der Waals surface area contributed by atoms with Crippen molar-refractivity contribution in [2.24, 2.45) is 5.92 Å². The molecule has 8 nitrogen and oxygen atoms in total. The molecule has 1 saturated heterocycles. The number of likely N-dealkylation sites (tertiary alicyclic amines) is 1. The molecule has 3 aromatic rings. The summed E-state index contributed by atoms with van der Waals surface area (Å²) in [5.74, 6) is -1.46. The molecule has 0 saturated carbocycles. The molecular weight excluding hydrogens is 541 g/mol. The zero-order valence-corrected chi connectivity index (χ0v) is 22.8. The molecule has 1 N–H and O–H groups in total. The summed E-state index contributed by atoms with van der Waals surface area (Å²) < 4.78 is 58.8. The predicted molar refractivity (Wildman–Crippen MR) is 143 cm³/mol. The van der Waals surface area contributed by atoms with E-state index in [-0.39, 0.29) is 13.2 Å². The minimum Gasteiger partial charge on any atom is -0.496 e. The summed E-state index contributed by atoms with van der Waals surface area (Å²) in [5, 5.41) is 3.30. The van der Waals surface area contributed by atoms with E-state index in [0.29, 0.717) is 11.3 Å².